The van der Waals surface area contributed by atoms with Crippen LogP contribution in [0.15, 0.2) is 30.3 Å². The summed E-state index contributed by atoms with van der Waals surface area (Å²) in [4.78, 5) is 71.2. The zero-order valence-corrected chi connectivity index (χ0v) is 34.7. The first-order chi connectivity index (χ1) is 25.3. The number of urea groups is 1. The molecule has 1 aromatic carbocycles. The normalized spacial score (nSPS) is 20.6. The van der Waals surface area contributed by atoms with E-state index in [2.05, 4.69) is 64.4 Å². The molecule has 3 aliphatic rings. The van der Waals surface area contributed by atoms with Crippen LogP contribution in [0.4, 0.5) is 4.79 Å². The molecule has 0 aromatic heterocycles. The zero-order valence-electron chi connectivity index (χ0n) is 34.7. The molecular weight excluding hydrogens is 686 g/mol. The highest BCUT2D eigenvalue weighted by molar-refractivity contribution is 6.37. The molecule has 5 N–H and O–H groups in total. The van der Waals surface area contributed by atoms with Crippen molar-refractivity contribution in [2.24, 2.45) is 40.7 Å². The number of amides is 5. The van der Waals surface area contributed by atoms with Crippen molar-refractivity contribution in [2.45, 2.75) is 145 Å². The van der Waals surface area contributed by atoms with E-state index >= 15 is 0 Å². The van der Waals surface area contributed by atoms with Gasteiger partial charge < -0.3 is 31.3 Å². The summed E-state index contributed by atoms with van der Waals surface area (Å²) in [5.74, 6) is 0.825. The van der Waals surface area contributed by atoms with Crippen molar-refractivity contribution in [3.63, 3.8) is 0 Å². The van der Waals surface area contributed by atoms with E-state index in [0.717, 1.165) is 30.2 Å². The van der Waals surface area contributed by atoms with Gasteiger partial charge in [0.05, 0.1) is 6.04 Å². The van der Waals surface area contributed by atoms with Crippen molar-refractivity contribution in [1.82, 2.24) is 20.9 Å². The van der Waals surface area contributed by atoms with Crippen LogP contribution in [0, 0.1) is 35.0 Å². The van der Waals surface area contributed by atoms with E-state index in [9.17, 15) is 28.8 Å². The van der Waals surface area contributed by atoms with E-state index in [4.69, 9.17) is 10.5 Å². The van der Waals surface area contributed by atoms with Crippen LogP contribution < -0.4 is 21.7 Å². The van der Waals surface area contributed by atoms with Gasteiger partial charge in [-0.05, 0) is 53.9 Å². The van der Waals surface area contributed by atoms with Gasteiger partial charge in [0.15, 0.2) is 0 Å². The van der Waals surface area contributed by atoms with Gasteiger partial charge in [-0.2, -0.15) is 0 Å². The fourth-order valence-corrected chi connectivity index (χ4v) is 6.13. The quantitative estimate of drug-likeness (QED) is 0.112. The molecule has 5 amide bonds. The average Bonchev–Trinajstić information content (AvgIpc) is 3.90. The maximum atomic E-state index is 13.2. The number of primary amides is 1. The Morgan fingerprint density at radius 2 is 1.50 bits per heavy atom. The minimum Gasteiger partial charge on any atom is -0.460 e. The summed E-state index contributed by atoms with van der Waals surface area (Å²) in [6.07, 6.45) is 10.5. The second kappa shape index (κ2) is 24.4. The van der Waals surface area contributed by atoms with Crippen LogP contribution in [-0.2, 0) is 35.3 Å². The van der Waals surface area contributed by atoms with Gasteiger partial charge in [-0.1, -0.05) is 138 Å². The fraction of sp³-hybridized carbons (Fsp3) is 0.714. The number of carbonyl (C=O) groups is 6. The zero-order chi connectivity index (χ0) is 41.0. The summed E-state index contributed by atoms with van der Waals surface area (Å²) in [5, 5.41) is 7.57. The number of ether oxygens (including phenoxy) is 1. The highest BCUT2D eigenvalue weighted by Gasteiger charge is 2.42. The SMILES string of the molecule is CC(C)C.CC1CCCCC1.CC1CN(C(=O)C(NC(=O)NCC(=O)OCc2ccccc2)C(C)(C)C)C(C)C1C.NC(=O)C(=O)C(CC1CC1)NC=O. The maximum Gasteiger partial charge on any atom is 0.325 e. The van der Waals surface area contributed by atoms with Gasteiger partial charge >= 0.3 is 12.0 Å². The lowest BCUT2D eigenvalue weighted by Crippen LogP contribution is -2.57. The molecule has 4 rings (SSSR count). The topological polar surface area (TPSA) is 177 Å². The largest absolute Gasteiger partial charge is 0.460 e. The van der Waals surface area contributed by atoms with Gasteiger partial charge in [0, 0.05) is 12.6 Å². The number of likely N-dealkylation sites (tertiary alicyclic amines) is 1. The van der Waals surface area contributed by atoms with E-state index < -0.39 is 41.2 Å². The van der Waals surface area contributed by atoms with Crippen LogP contribution in [0.1, 0.15) is 126 Å². The smallest absolute Gasteiger partial charge is 0.325 e. The van der Waals surface area contributed by atoms with Crippen molar-refractivity contribution in [3.05, 3.63) is 35.9 Å². The van der Waals surface area contributed by atoms with Crippen LogP contribution in [0.5, 0.6) is 0 Å². The molecule has 2 aliphatic carbocycles. The van der Waals surface area contributed by atoms with E-state index in [1.54, 1.807) is 0 Å². The predicted octanol–water partition coefficient (Wildman–Crippen LogP) is 6.15. The first-order valence-electron chi connectivity index (χ1n) is 19.9. The summed E-state index contributed by atoms with van der Waals surface area (Å²) < 4.78 is 5.16. The number of nitrogens with two attached hydrogens (primary N) is 1. The Balaban J connectivity index is 0.000000491. The lowest BCUT2D eigenvalue weighted by atomic mass is 9.85. The Labute approximate surface area is 324 Å². The molecule has 1 saturated heterocycles. The van der Waals surface area contributed by atoms with Gasteiger partial charge in [0.25, 0.3) is 5.91 Å². The van der Waals surface area contributed by atoms with Crippen LogP contribution in [0.2, 0.25) is 0 Å². The lowest BCUT2D eigenvalue weighted by molar-refractivity contribution is -0.143. The van der Waals surface area contributed by atoms with Crippen molar-refractivity contribution in [1.29, 1.82) is 0 Å². The second-order valence-corrected chi connectivity index (χ2v) is 17.1. The van der Waals surface area contributed by atoms with Gasteiger partial charge in [0.2, 0.25) is 18.1 Å². The third-order valence-electron chi connectivity index (χ3n) is 9.93. The van der Waals surface area contributed by atoms with Crippen molar-refractivity contribution >= 4 is 36.0 Å². The Bertz CT molecular complexity index is 1300. The Hall–Kier alpha value is -3.96. The summed E-state index contributed by atoms with van der Waals surface area (Å²) in [5.41, 5.74) is 5.22. The Kier molecular flexibility index (Phi) is 21.8. The monoisotopic (exact) mass is 758 g/mol. The molecule has 2 saturated carbocycles. The van der Waals surface area contributed by atoms with Crippen LogP contribution >= 0.6 is 0 Å². The maximum absolute atomic E-state index is 13.2. The van der Waals surface area contributed by atoms with E-state index in [0.29, 0.717) is 37.1 Å². The third-order valence-corrected chi connectivity index (χ3v) is 9.93. The fourth-order valence-electron chi connectivity index (χ4n) is 6.13. The molecule has 0 bridgehead atoms. The lowest BCUT2D eigenvalue weighted by Gasteiger charge is -2.35. The number of carbonyl (C=O) groups excluding carboxylic acids is 6. The number of Topliss-reactive ketones (excluding diaryl/α,β-unsaturated/α-hetero) is 1. The highest BCUT2D eigenvalue weighted by Crippen LogP contribution is 2.34. The van der Waals surface area contributed by atoms with E-state index in [-0.39, 0.29) is 25.1 Å². The highest BCUT2D eigenvalue weighted by atomic mass is 16.5. The summed E-state index contributed by atoms with van der Waals surface area (Å²) >= 11 is 0. The number of nitrogens with zero attached hydrogens (tertiary/aromatic N) is 1. The predicted molar refractivity (Wildman–Crippen MR) is 213 cm³/mol. The Morgan fingerprint density at radius 1 is 0.926 bits per heavy atom. The van der Waals surface area contributed by atoms with Crippen LogP contribution in [0.3, 0.4) is 0 Å². The minimum atomic E-state index is -0.986. The number of hydrogen-bond acceptors (Lipinski definition) is 7. The molecule has 306 valence electrons. The van der Waals surface area contributed by atoms with Crippen molar-refractivity contribution in [3.8, 4) is 0 Å². The molecule has 0 radical (unpaired) electrons. The van der Waals surface area contributed by atoms with Gasteiger partial charge in [-0.15, -0.1) is 0 Å². The molecular formula is C42H71N5O7. The first kappa shape index (κ1) is 48.1. The summed E-state index contributed by atoms with van der Waals surface area (Å²) in [6, 6.07) is 7.46. The molecule has 0 spiro atoms. The molecule has 5 atom stereocenters. The number of hydrogen-bond donors (Lipinski definition) is 4. The first-order valence-corrected chi connectivity index (χ1v) is 19.9. The van der Waals surface area contributed by atoms with E-state index in [1.807, 2.05) is 56.0 Å². The van der Waals surface area contributed by atoms with Gasteiger partial charge in [-0.3, -0.25) is 24.0 Å². The molecule has 1 aliphatic heterocycles. The number of esters is 1. The van der Waals surface area contributed by atoms with Crippen molar-refractivity contribution in [2.75, 3.05) is 13.1 Å². The van der Waals surface area contributed by atoms with Gasteiger partial charge in [0.1, 0.15) is 19.2 Å². The molecule has 5 unspecified atom stereocenters. The van der Waals surface area contributed by atoms with Gasteiger partial charge in [-0.25, -0.2) is 4.79 Å². The number of nitrogens with one attached hydrogen (secondary N) is 3. The molecule has 12 heteroatoms. The molecule has 12 nitrogen and oxygen atoms in total. The van der Waals surface area contributed by atoms with Crippen LogP contribution in [0.25, 0.3) is 0 Å². The third kappa shape index (κ3) is 19.4. The number of benzene rings is 1. The molecule has 1 heterocycles. The van der Waals surface area contributed by atoms with Crippen molar-refractivity contribution < 1.29 is 33.5 Å². The van der Waals surface area contributed by atoms with Crippen LogP contribution in [-0.4, -0.2) is 72.1 Å². The summed E-state index contributed by atoms with van der Waals surface area (Å²) in [6.45, 7) is 21.5. The Morgan fingerprint density at radius 3 is 1.93 bits per heavy atom. The molecule has 3 fully saturated rings. The molecule has 1 aromatic rings. The number of rotatable bonds is 12. The standard InChI is InChI=1S/C23H35N3O4.C8H12N2O3.C7H14.C4H10/c1-15-13-26(17(3)16(15)2)21(28)20(23(4,5)6)25-22(29)24-12-19(27)30-14-18-10-8-7-9-11-18;9-8(13)7(12)6(10-4-11)3-5-1-2-5;1-7-5-3-2-4-6-7;1-4(2)3/h7-11,15-17,20H,12-14H2,1-6H3,(H2,24,25,29);4-6H,1-3H2,(H2,9,13)(H,10,11);7H,2-6H2,1H3;4H,1-3H3. The average molecular weight is 758 g/mol. The molecule has 54 heavy (non-hydrogen) atoms. The minimum absolute atomic E-state index is 0.0898. The summed E-state index contributed by atoms with van der Waals surface area (Å²) in [7, 11) is 0. The van der Waals surface area contributed by atoms with E-state index in [1.165, 1.54) is 32.1 Å². The number of ketones is 1. The second-order valence-electron chi connectivity index (χ2n) is 17.1.